The SMILES string of the molecule is [C-]#[N+]C1N=C(c2ccc(-n3c4ccccc4c4ccccc43)cc2)C(C)C(c2ccc(-n3c4ccccc4c4ccccc43)cc2)=NC1[N+]#[C-].[C-]#[N+]C1N=C(c2ccc(-n3c4ccccc4c4ccccc43)cc2)CC(c2ccc(-n3c4ccccc4c4ccccc43)cc2)=NC1[N+]#[C-].c1ccc2c(c1)c1ccccc1n2-c1ccc(-c2cnc(-c3ccc(-n4c5ccccc5c5ccccc54)cc3)cn2)cc1. The lowest BCUT2D eigenvalue weighted by molar-refractivity contribution is 0.707. The summed E-state index contributed by atoms with van der Waals surface area (Å²) in [6.07, 6.45) is 0.504. The Morgan fingerprint density at radius 1 is 0.196 bits per heavy atom. The maximum absolute atomic E-state index is 7.94. The number of nitrogens with zero attached hydrogens (tertiary/aromatic N) is 16. The van der Waals surface area contributed by atoms with E-state index in [2.05, 4.69) is 490 Å². The van der Waals surface area contributed by atoms with Crippen LogP contribution in [0.5, 0.6) is 0 Å². The molecule has 0 radical (unpaired) electrons. The van der Waals surface area contributed by atoms with Gasteiger partial charge >= 0.3 is 24.7 Å². The van der Waals surface area contributed by atoms with Crippen molar-refractivity contribution < 1.29 is 0 Å². The molecule has 0 fully saturated rings. The highest BCUT2D eigenvalue weighted by Gasteiger charge is 2.39. The summed E-state index contributed by atoms with van der Waals surface area (Å²) in [7, 11) is 0. The molecule has 27 rings (SSSR count). The minimum atomic E-state index is -0.920. The topological polar surface area (TPSA) is 122 Å². The van der Waals surface area contributed by atoms with Gasteiger partial charge in [-0.05, 0) is 168 Å². The summed E-state index contributed by atoms with van der Waals surface area (Å²) in [5.41, 5.74) is 30.9. The van der Waals surface area contributed by atoms with Gasteiger partial charge in [-0.25, -0.2) is 26.3 Å². The van der Waals surface area contributed by atoms with Crippen LogP contribution in [0, 0.1) is 32.2 Å². The van der Waals surface area contributed by atoms with Crippen LogP contribution in [-0.2, 0) is 0 Å². The van der Waals surface area contributed by atoms with Crippen molar-refractivity contribution in [2.75, 3.05) is 0 Å². The fourth-order valence-electron chi connectivity index (χ4n) is 21.4. The second-order valence-electron chi connectivity index (χ2n) is 36.0. The zero-order valence-electron chi connectivity index (χ0n) is 77.5. The number of hydrogen-bond acceptors (Lipinski definition) is 6. The van der Waals surface area contributed by atoms with E-state index in [0.29, 0.717) is 6.42 Å². The molecule has 0 saturated heterocycles. The standard InChI is InChI=1S/C44H30N6.C43H28N6.C40H26N4/c1-28-41(29-20-24-31(25-21-29)49-37-16-8-4-12-33(37)34-13-5-9-17-38(34)49)47-43(45-2)44(46-3)48-42(28)30-22-26-32(27-23-30)50-39-18-10-6-14-35(39)36-15-7-11-19-40(36)50;1-44-42-43(45-2)47-37(29-21-25-31(26-22-29)49-40-17-9-5-13-34(40)35-14-6-10-18-41(35)49)27-36(46-42)28-19-23-30(24-20-28)48-38-15-7-3-11-32(38)33-12-4-8-16-39(33)48;1-5-13-37-31(9-1)32-10-2-6-14-38(32)43(37)29-21-17-27(18-22-29)35-25-42-36(26-41-35)28-19-23-30(24-20-28)44-39-15-7-3-11-33(39)34-12-4-8-16-40(34)44/h4-28,43-44H,1H3;3-26,42-43H,27H2;1-26H. The van der Waals surface area contributed by atoms with Gasteiger partial charge in [0.25, 0.3) is 0 Å². The minimum absolute atomic E-state index is 0.246. The molecule has 4 unspecified atom stereocenters. The average molecular weight is 1830 g/mol. The number of para-hydroxylation sites is 12. The summed E-state index contributed by atoms with van der Waals surface area (Å²) >= 11 is 0. The van der Waals surface area contributed by atoms with Crippen molar-refractivity contribution >= 4 is 154 Å². The first-order valence-electron chi connectivity index (χ1n) is 47.8. The number of hydrogen-bond donors (Lipinski definition) is 0. The van der Waals surface area contributed by atoms with Crippen molar-refractivity contribution in [3.05, 3.63) is 517 Å². The molecule has 0 spiro atoms. The lowest BCUT2D eigenvalue weighted by atomic mass is 9.90. The molecule has 16 nitrogen and oxygen atoms in total. The van der Waals surface area contributed by atoms with Gasteiger partial charge in [0.1, 0.15) is 0 Å². The molecule has 16 heteroatoms. The molecule has 672 valence electrons. The Balaban J connectivity index is 0.000000113. The number of rotatable bonds is 12. The zero-order chi connectivity index (χ0) is 95.7. The third-order valence-corrected chi connectivity index (χ3v) is 28.1. The minimum Gasteiger partial charge on any atom is -0.309 e. The lowest BCUT2D eigenvalue weighted by Crippen LogP contribution is -2.23. The Kier molecular flexibility index (Phi) is 21.4. The summed E-state index contributed by atoms with van der Waals surface area (Å²) in [4.78, 5) is 44.1. The second-order valence-corrected chi connectivity index (χ2v) is 36.0. The van der Waals surface area contributed by atoms with Crippen molar-refractivity contribution in [1.82, 2.24) is 37.4 Å². The van der Waals surface area contributed by atoms with Crippen LogP contribution < -0.4 is 0 Å². The van der Waals surface area contributed by atoms with Gasteiger partial charge in [0.05, 0.1) is 113 Å². The van der Waals surface area contributed by atoms with E-state index in [-0.39, 0.29) is 5.92 Å². The third kappa shape index (κ3) is 14.8. The van der Waals surface area contributed by atoms with Crippen molar-refractivity contribution in [3.8, 4) is 56.6 Å². The fourth-order valence-corrected chi connectivity index (χ4v) is 21.4. The molecule has 0 bridgehead atoms. The highest BCUT2D eigenvalue weighted by molar-refractivity contribution is 6.22. The van der Waals surface area contributed by atoms with Gasteiger partial charge in [0.2, 0.25) is 0 Å². The molecule has 7 aromatic heterocycles. The van der Waals surface area contributed by atoms with Crippen LogP contribution in [0.4, 0.5) is 0 Å². The maximum Gasteiger partial charge on any atom is 0.411 e. The number of benzene rings is 18. The second kappa shape index (κ2) is 35.9. The molecule has 2 aliphatic heterocycles. The molecular weight excluding hydrogens is 1750 g/mol. The van der Waals surface area contributed by atoms with E-state index in [1.54, 1.807) is 0 Å². The van der Waals surface area contributed by atoms with Crippen LogP contribution >= 0.6 is 0 Å². The molecule has 18 aromatic carbocycles. The highest BCUT2D eigenvalue weighted by atomic mass is 15.2. The van der Waals surface area contributed by atoms with Crippen LogP contribution in [0.25, 0.3) is 207 Å². The monoisotopic (exact) mass is 1830 g/mol. The molecule has 9 heterocycles. The Morgan fingerprint density at radius 3 is 0.531 bits per heavy atom. The van der Waals surface area contributed by atoms with Gasteiger partial charge in [-0.1, -0.05) is 298 Å². The van der Waals surface area contributed by atoms with E-state index in [4.69, 9.17) is 56.2 Å². The molecule has 25 aromatic rings. The predicted molar refractivity (Wildman–Crippen MR) is 586 cm³/mol. The van der Waals surface area contributed by atoms with Crippen molar-refractivity contribution in [2.24, 2.45) is 25.9 Å². The normalized spacial score (nSPS) is 15.3. The maximum atomic E-state index is 7.94. The summed E-state index contributed by atoms with van der Waals surface area (Å²) in [5, 5.41) is 14.7. The Labute approximate surface area is 823 Å². The summed E-state index contributed by atoms with van der Waals surface area (Å²) in [6.45, 7) is 33.7. The fraction of sp³-hybridized carbons (Fsp3) is 0.0551. The van der Waals surface area contributed by atoms with Crippen molar-refractivity contribution in [2.45, 2.75) is 38.0 Å². The van der Waals surface area contributed by atoms with Crippen LogP contribution in [0.15, 0.2) is 469 Å². The van der Waals surface area contributed by atoms with E-state index in [1.807, 2.05) is 12.4 Å². The molecule has 0 amide bonds. The van der Waals surface area contributed by atoms with Gasteiger partial charge in [0.15, 0.2) is 0 Å². The van der Waals surface area contributed by atoms with Gasteiger partial charge in [-0.3, -0.25) is 29.3 Å². The largest absolute Gasteiger partial charge is 0.411 e. The zero-order valence-corrected chi connectivity index (χ0v) is 77.5. The van der Waals surface area contributed by atoms with Gasteiger partial charge < -0.3 is 27.4 Å². The van der Waals surface area contributed by atoms with E-state index in [1.165, 1.54) is 86.7 Å². The first kappa shape index (κ1) is 85.2. The number of aromatic nitrogens is 8. The Morgan fingerprint density at radius 2 is 0.357 bits per heavy atom. The van der Waals surface area contributed by atoms with Gasteiger partial charge in [-0.15, -0.1) is 0 Å². The molecule has 2 aliphatic rings. The predicted octanol–water partition coefficient (Wildman–Crippen LogP) is 30.4. The summed E-state index contributed by atoms with van der Waals surface area (Å²) in [6, 6.07) is 153. The van der Waals surface area contributed by atoms with E-state index >= 15 is 0 Å². The number of aliphatic imine (C=N–C) groups is 4. The molecule has 0 saturated carbocycles. The molecule has 4 atom stereocenters. The molecule has 0 N–H and O–H groups in total. The molecule has 0 aliphatic carbocycles. The smallest absolute Gasteiger partial charge is 0.309 e. The van der Waals surface area contributed by atoms with Crippen LogP contribution in [0.1, 0.15) is 35.6 Å². The third-order valence-electron chi connectivity index (χ3n) is 28.1. The van der Waals surface area contributed by atoms with Crippen LogP contribution in [0.2, 0.25) is 0 Å². The van der Waals surface area contributed by atoms with E-state index < -0.39 is 24.7 Å². The van der Waals surface area contributed by atoms with Crippen molar-refractivity contribution in [3.63, 3.8) is 0 Å². The van der Waals surface area contributed by atoms with Gasteiger partial charge in [0, 0.05) is 122 Å². The Bertz CT molecular complexity index is 8820. The van der Waals surface area contributed by atoms with E-state index in [0.717, 1.165) is 146 Å². The van der Waals surface area contributed by atoms with Crippen molar-refractivity contribution in [1.29, 1.82) is 0 Å². The van der Waals surface area contributed by atoms with Gasteiger partial charge in [-0.2, -0.15) is 20.0 Å². The summed E-state index contributed by atoms with van der Waals surface area (Å²) in [5.74, 6) is -0.246. The van der Waals surface area contributed by atoms with E-state index in [9.17, 15) is 0 Å². The molecular formula is C127H84N16. The first-order chi connectivity index (χ1) is 70.7. The summed E-state index contributed by atoms with van der Waals surface area (Å²) < 4.78 is 13.8. The Hall–Kier alpha value is -19.5. The first-order valence-corrected chi connectivity index (χ1v) is 47.8. The quantitative estimate of drug-likeness (QED) is 0.113. The van der Waals surface area contributed by atoms with Crippen LogP contribution in [0.3, 0.4) is 0 Å². The lowest BCUT2D eigenvalue weighted by Gasteiger charge is -2.17. The number of fused-ring (bicyclic) bond motifs is 18. The average Bonchev–Trinajstić information content (AvgIpc) is 1.62. The molecule has 143 heavy (non-hydrogen) atoms. The highest BCUT2D eigenvalue weighted by Crippen LogP contribution is 2.42. The van der Waals surface area contributed by atoms with Crippen LogP contribution in [-0.4, -0.2) is 84.9 Å².